The molecule has 0 aliphatic rings. The van der Waals surface area contributed by atoms with Crippen LogP contribution in [0.1, 0.15) is 0 Å². The number of hydrogen-bond donors (Lipinski definition) is 1. The van der Waals surface area contributed by atoms with Crippen molar-refractivity contribution in [3.05, 3.63) is 53.6 Å². The van der Waals surface area contributed by atoms with Gasteiger partial charge >= 0.3 is 0 Å². The van der Waals surface area contributed by atoms with Crippen LogP contribution in [0.25, 0.3) is 11.4 Å². The zero-order chi connectivity index (χ0) is 15.7. The van der Waals surface area contributed by atoms with Gasteiger partial charge < -0.3 is 10.0 Å². The van der Waals surface area contributed by atoms with Gasteiger partial charge in [-0.25, -0.2) is 0 Å². The van der Waals surface area contributed by atoms with Crippen molar-refractivity contribution in [2.24, 2.45) is 7.05 Å². The van der Waals surface area contributed by atoms with Crippen molar-refractivity contribution in [2.75, 3.05) is 11.9 Å². The molecule has 1 heterocycles. The summed E-state index contributed by atoms with van der Waals surface area (Å²) in [6, 6.07) is 14.4. The van der Waals surface area contributed by atoms with Crippen LogP contribution >= 0.6 is 11.6 Å². The molecule has 22 heavy (non-hydrogen) atoms. The molecule has 0 saturated heterocycles. The van der Waals surface area contributed by atoms with E-state index in [1.807, 2.05) is 60.0 Å². The van der Waals surface area contributed by atoms with Crippen molar-refractivity contribution >= 4 is 23.2 Å². The molecule has 5 nitrogen and oxygen atoms in total. The van der Waals surface area contributed by atoms with Crippen molar-refractivity contribution < 1.29 is 5.11 Å². The summed E-state index contributed by atoms with van der Waals surface area (Å²) in [6.45, 7) is 0. The fourth-order valence-corrected chi connectivity index (χ4v) is 2.50. The highest BCUT2D eigenvalue weighted by atomic mass is 35.5. The summed E-state index contributed by atoms with van der Waals surface area (Å²) in [6.07, 6.45) is 0. The summed E-state index contributed by atoms with van der Waals surface area (Å²) in [4.78, 5) is 1.90. The number of rotatable bonds is 3. The molecule has 112 valence electrons. The third-order valence-electron chi connectivity index (χ3n) is 3.50. The molecule has 0 aliphatic heterocycles. The summed E-state index contributed by atoms with van der Waals surface area (Å²) in [5.41, 5.74) is 1.74. The molecule has 6 heteroatoms. The number of aromatic nitrogens is 3. The topological polar surface area (TPSA) is 54.2 Å². The molecule has 0 atom stereocenters. The minimum atomic E-state index is 0.229. The first-order valence-corrected chi connectivity index (χ1v) is 7.13. The van der Waals surface area contributed by atoms with Gasteiger partial charge in [0, 0.05) is 25.3 Å². The summed E-state index contributed by atoms with van der Waals surface area (Å²) in [5, 5.41) is 18.5. The first kappa shape index (κ1) is 14.4. The standard InChI is InChI=1S/C16H15ClN4O/c1-20(11-7-9-12(22)10-8-11)16-19-18-15(21(16)2)13-5-3-4-6-14(13)17/h3-10,22H,1-2H3. The lowest BCUT2D eigenvalue weighted by Gasteiger charge is -2.18. The highest BCUT2D eigenvalue weighted by Crippen LogP contribution is 2.30. The van der Waals surface area contributed by atoms with Crippen LogP contribution in [0.5, 0.6) is 5.75 Å². The van der Waals surface area contributed by atoms with Crippen LogP contribution in [-0.4, -0.2) is 26.9 Å². The normalized spacial score (nSPS) is 10.7. The number of aromatic hydroxyl groups is 1. The van der Waals surface area contributed by atoms with Crippen LogP contribution in [0.3, 0.4) is 0 Å². The van der Waals surface area contributed by atoms with Crippen LogP contribution in [0.2, 0.25) is 5.02 Å². The Morgan fingerprint density at radius 1 is 1.05 bits per heavy atom. The van der Waals surface area contributed by atoms with E-state index in [2.05, 4.69) is 10.2 Å². The number of hydrogen-bond acceptors (Lipinski definition) is 4. The largest absolute Gasteiger partial charge is 0.508 e. The van der Waals surface area contributed by atoms with E-state index in [0.29, 0.717) is 16.8 Å². The molecular formula is C16H15ClN4O. The van der Waals surface area contributed by atoms with Crippen molar-refractivity contribution in [1.29, 1.82) is 0 Å². The summed E-state index contributed by atoms with van der Waals surface area (Å²) >= 11 is 6.23. The van der Waals surface area contributed by atoms with E-state index < -0.39 is 0 Å². The Bertz CT molecular complexity index is 798. The molecule has 0 amide bonds. The van der Waals surface area contributed by atoms with Gasteiger partial charge in [-0.3, -0.25) is 4.57 Å². The fraction of sp³-hybridized carbons (Fsp3) is 0.125. The first-order chi connectivity index (χ1) is 10.6. The molecular weight excluding hydrogens is 300 g/mol. The van der Waals surface area contributed by atoms with Crippen molar-refractivity contribution in [1.82, 2.24) is 14.8 Å². The second-order valence-corrected chi connectivity index (χ2v) is 5.35. The number of phenols is 1. The molecule has 1 aromatic heterocycles. The average molecular weight is 315 g/mol. The molecule has 2 aromatic carbocycles. The Kier molecular flexibility index (Phi) is 3.73. The number of anilines is 2. The molecule has 0 unspecified atom stereocenters. The third-order valence-corrected chi connectivity index (χ3v) is 3.83. The third kappa shape index (κ3) is 2.51. The van der Waals surface area contributed by atoms with Crippen LogP contribution in [0.15, 0.2) is 48.5 Å². The molecule has 0 fully saturated rings. The van der Waals surface area contributed by atoms with Crippen LogP contribution in [0.4, 0.5) is 11.6 Å². The minimum Gasteiger partial charge on any atom is -0.508 e. The SMILES string of the molecule is CN(c1ccc(O)cc1)c1nnc(-c2ccccc2Cl)n1C. The predicted molar refractivity (Wildman–Crippen MR) is 87.6 cm³/mol. The van der Waals surface area contributed by atoms with E-state index >= 15 is 0 Å². The second-order valence-electron chi connectivity index (χ2n) is 4.94. The van der Waals surface area contributed by atoms with Gasteiger partial charge in [0.25, 0.3) is 0 Å². The highest BCUT2D eigenvalue weighted by molar-refractivity contribution is 6.33. The maximum Gasteiger partial charge on any atom is 0.231 e. The zero-order valence-electron chi connectivity index (χ0n) is 12.2. The van der Waals surface area contributed by atoms with Gasteiger partial charge in [-0.2, -0.15) is 0 Å². The zero-order valence-corrected chi connectivity index (χ0v) is 13.0. The van der Waals surface area contributed by atoms with Gasteiger partial charge in [-0.05, 0) is 36.4 Å². The van der Waals surface area contributed by atoms with E-state index in [1.54, 1.807) is 12.1 Å². The molecule has 3 aromatic rings. The first-order valence-electron chi connectivity index (χ1n) is 6.75. The fourth-order valence-electron chi connectivity index (χ4n) is 2.28. The molecule has 0 radical (unpaired) electrons. The molecule has 0 spiro atoms. The van der Waals surface area contributed by atoms with Crippen molar-refractivity contribution in [3.8, 4) is 17.1 Å². The van der Waals surface area contributed by atoms with Crippen LogP contribution in [-0.2, 0) is 7.05 Å². The van der Waals surface area contributed by atoms with Gasteiger partial charge in [0.05, 0.1) is 5.02 Å². The number of nitrogens with zero attached hydrogens (tertiary/aromatic N) is 4. The van der Waals surface area contributed by atoms with E-state index in [-0.39, 0.29) is 5.75 Å². The molecule has 0 aliphatic carbocycles. The quantitative estimate of drug-likeness (QED) is 0.802. The van der Waals surface area contributed by atoms with E-state index in [1.165, 1.54) is 0 Å². The molecule has 3 rings (SSSR count). The van der Waals surface area contributed by atoms with Gasteiger partial charge in [-0.15, -0.1) is 10.2 Å². The van der Waals surface area contributed by atoms with E-state index in [0.717, 1.165) is 11.3 Å². The van der Waals surface area contributed by atoms with Gasteiger partial charge in [0.2, 0.25) is 5.95 Å². The van der Waals surface area contributed by atoms with Gasteiger partial charge in [0.15, 0.2) is 5.82 Å². The predicted octanol–water partition coefficient (Wildman–Crippen LogP) is 3.61. The molecule has 0 bridgehead atoms. The maximum absolute atomic E-state index is 9.38. The lowest BCUT2D eigenvalue weighted by molar-refractivity contribution is 0.475. The summed E-state index contributed by atoms with van der Waals surface area (Å²) < 4.78 is 1.88. The highest BCUT2D eigenvalue weighted by Gasteiger charge is 2.16. The maximum atomic E-state index is 9.38. The number of phenolic OH excluding ortho intramolecular Hbond substituents is 1. The molecule has 0 saturated carbocycles. The smallest absolute Gasteiger partial charge is 0.231 e. The summed E-state index contributed by atoms with van der Waals surface area (Å²) in [5.74, 6) is 1.61. The Labute approximate surface area is 133 Å². The van der Waals surface area contributed by atoms with E-state index in [4.69, 9.17) is 11.6 Å². The van der Waals surface area contributed by atoms with Crippen molar-refractivity contribution in [3.63, 3.8) is 0 Å². The Hall–Kier alpha value is -2.53. The Morgan fingerprint density at radius 2 is 1.73 bits per heavy atom. The Balaban J connectivity index is 2.00. The van der Waals surface area contributed by atoms with Crippen LogP contribution in [0, 0.1) is 0 Å². The van der Waals surface area contributed by atoms with E-state index in [9.17, 15) is 5.11 Å². The number of benzene rings is 2. The van der Waals surface area contributed by atoms with Crippen molar-refractivity contribution in [2.45, 2.75) is 0 Å². The van der Waals surface area contributed by atoms with Gasteiger partial charge in [0.1, 0.15) is 5.75 Å². The summed E-state index contributed by atoms with van der Waals surface area (Å²) in [7, 11) is 3.79. The second kappa shape index (κ2) is 5.69. The average Bonchev–Trinajstić information content (AvgIpc) is 2.89. The molecule has 1 N–H and O–H groups in total. The van der Waals surface area contributed by atoms with Gasteiger partial charge in [-0.1, -0.05) is 23.7 Å². The van der Waals surface area contributed by atoms with Crippen LogP contribution < -0.4 is 4.90 Å². The monoisotopic (exact) mass is 314 g/mol. The minimum absolute atomic E-state index is 0.229. The Morgan fingerprint density at radius 3 is 2.41 bits per heavy atom. The lowest BCUT2D eigenvalue weighted by atomic mass is 10.2. The lowest BCUT2D eigenvalue weighted by Crippen LogP contribution is -2.14. The number of halogens is 1.